The fourth-order valence-electron chi connectivity index (χ4n) is 2.30. The van der Waals surface area contributed by atoms with Crippen molar-refractivity contribution in [2.45, 2.75) is 51.2 Å². The van der Waals surface area contributed by atoms with E-state index in [1.54, 1.807) is 14.2 Å². The molecule has 1 fully saturated rings. The zero-order valence-electron chi connectivity index (χ0n) is 12.6. The van der Waals surface area contributed by atoms with E-state index in [0.29, 0.717) is 12.7 Å². The number of aliphatic imine (C=N–C) groups is 1. The summed E-state index contributed by atoms with van der Waals surface area (Å²) in [6.07, 6.45) is 6.67. The second-order valence-electron chi connectivity index (χ2n) is 5.13. The lowest BCUT2D eigenvalue weighted by Crippen LogP contribution is -2.44. The summed E-state index contributed by atoms with van der Waals surface area (Å²) in [5.74, 6) is 0.824. The first kappa shape index (κ1) is 16.2. The molecule has 0 saturated heterocycles. The molecule has 0 heterocycles. The lowest BCUT2D eigenvalue weighted by Gasteiger charge is -2.17. The smallest absolute Gasteiger partial charge is 0.191 e. The Kier molecular flexibility index (Phi) is 8.58. The van der Waals surface area contributed by atoms with Crippen LogP contribution in [0.5, 0.6) is 0 Å². The van der Waals surface area contributed by atoms with Crippen LogP contribution in [-0.4, -0.2) is 52.0 Å². The molecular formula is C14H29N3O2. The summed E-state index contributed by atoms with van der Waals surface area (Å²) in [4.78, 5) is 4.18. The van der Waals surface area contributed by atoms with Crippen LogP contribution in [0.1, 0.15) is 39.0 Å². The molecule has 5 heteroatoms. The van der Waals surface area contributed by atoms with Gasteiger partial charge in [0, 0.05) is 33.4 Å². The number of rotatable bonds is 8. The molecule has 1 saturated carbocycles. The average molecular weight is 271 g/mol. The van der Waals surface area contributed by atoms with Gasteiger partial charge in [-0.1, -0.05) is 12.8 Å². The molecule has 5 nitrogen and oxygen atoms in total. The Morgan fingerprint density at radius 1 is 1.37 bits per heavy atom. The van der Waals surface area contributed by atoms with E-state index < -0.39 is 0 Å². The molecule has 1 atom stereocenters. The highest BCUT2D eigenvalue weighted by Gasteiger charge is 2.14. The van der Waals surface area contributed by atoms with Crippen LogP contribution < -0.4 is 10.6 Å². The zero-order chi connectivity index (χ0) is 13.9. The SMILES string of the molecule is CN=C(NCCCOC1CCCC1)NC(C)COC. The Labute approximate surface area is 117 Å². The fraction of sp³-hybridized carbons (Fsp3) is 0.929. The number of nitrogens with one attached hydrogen (secondary N) is 2. The van der Waals surface area contributed by atoms with E-state index in [9.17, 15) is 0 Å². The van der Waals surface area contributed by atoms with Gasteiger partial charge in [0.1, 0.15) is 0 Å². The Hall–Kier alpha value is -0.810. The first-order valence-electron chi connectivity index (χ1n) is 7.34. The molecule has 1 aliphatic rings. The van der Waals surface area contributed by atoms with Gasteiger partial charge in [0.2, 0.25) is 0 Å². The summed E-state index contributed by atoms with van der Waals surface area (Å²) in [5, 5.41) is 6.56. The van der Waals surface area contributed by atoms with Crippen molar-refractivity contribution in [3.8, 4) is 0 Å². The maximum atomic E-state index is 5.82. The van der Waals surface area contributed by atoms with Crippen molar-refractivity contribution in [2.75, 3.05) is 33.9 Å². The molecule has 0 amide bonds. The average Bonchev–Trinajstić information content (AvgIpc) is 2.90. The number of ether oxygens (including phenoxy) is 2. The minimum absolute atomic E-state index is 0.255. The number of hydrogen-bond donors (Lipinski definition) is 2. The highest BCUT2D eigenvalue weighted by Crippen LogP contribution is 2.20. The molecule has 0 aromatic rings. The Morgan fingerprint density at radius 3 is 2.74 bits per heavy atom. The number of methoxy groups -OCH3 is 1. The molecule has 0 spiro atoms. The van der Waals surface area contributed by atoms with Crippen LogP contribution in [0.2, 0.25) is 0 Å². The molecule has 0 aliphatic heterocycles. The summed E-state index contributed by atoms with van der Waals surface area (Å²) in [7, 11) is 3.48. The maximum absolute atomic E-state index is 5.82. The van der Waals surface area contributed by atoms with Crippen LogP contribution in [0.3, 0.4) is 0 Å². The molecule has 2 N–H and O–H groups in total. The van der Waals surface area contributed by atoms with Crippen LogP contribution in [-0.2, 0) is 9.47 Å². The number of nitrogens with zero attached hydrogens (tertiary/aromatic N) is 1. The van der Waals surface area contributed by atoms with Gasteiger partial charge in [-0.3, -0.25) is 4.99 Å². The molecule has 112 valence electrons. The van der Waals surface area contributed by atoms with E-state index in [0.717, 1.165) is 25.5 Å². The van der Waals surface area contributed by atoms with Gasteiger partial charge in [-0.15, -0.1) is 0 Å². The van der Waals surface area contributed by atoms with E-state index in [-0.39, 0.29) is 6.04 Å². The molecule has 19 heavy (non-hydrogen) atoms. The van der Waals surface area contributed by atoms with E-state index in [2.05, 4.69) is 22.5 Å². The van der Waals surface area contributed by atoms with Crippen LogP contribution in [0.25, 0.3) is 0 Å². The van der Waals surface area contributed by atoms with E-state index >= 15 is 0 Å². The van der Waals surface area contributed by atoms with Crippen LogP contribution >= 0.6 is 0 Å². The minimum Gasteiger partial charge on any atom is -0.383 e. The molecule has 0 aromatic heterocycles. The van der Waals surface area contributed by atoms with Crippen LogP contribution in [0.4, 0.5) is 0 Å². The van der Waals surface area contributed by atoms with Gasteiger partial charge in [0.05, 0.1) is 12.7 Å². The van der Waals surface area contributed by atoms with Gasteiger partial charge in [-0.25, -0.2) is 0 Å². The quantitative estimate of drug-likeness (QED) is 0.399. The van der Waals surface area contributed by atoms with Crippen molar-refractivity contribution >= 4 is 5.96 Å². The third kappa shape index (κ3) is 7.38. The van der Waals surface area contributed by atoms with Gasteiger partial charge in [-0.2, -0.15) is 0 Å². The lowest BCUT2D eigenvalue weighted by molar-refractivity contribution is 0.0573. The third-order valence-corrected chi connectivity index (χ3v) is 3.29. The highest BCUT2D eigenvalue weighted by molar-refractivity contribution is 5.79. The van der Waals surface area contributed by atoms with Gasteiger partial charge in [0.25, 0.3) is 0 Å². The van der Waals surface area contributed by atoms with Gasteiger partial charge in [0.15, 0.2) is 5.96 Å². The van der Waals surface area contributed by atoms with Gasteiger partial charge >= 0.3 is 0 Å². The lowest BCUT2D eigenvalue weighted by atomic mass is 10.3. The molecular weight excluding hydrogens is 242 g/mol. The normalized spacial score (nSPS) is 18.6. The molecule has 1 aliphatic carbocycles. The van der Waals surface area contributed by atoms with Crippen molar-refractivity contribution in [1.82, 2.24) is 10.6 Å². The van der Waals surface area contributed by atoms with Crippen molar-refractivity contribution in [2.24, 2.45) is 4.99 Å². The largest absolute Gasteiger partial charge is 0.383 e. The Morgan fingerprint density at radius 2 is 2.11 bits per heavy atom. The third-order valence-electron chi connectivity index (χ3n) is 3.29. The Bertz CT molecular complexity index is 253. The van der Waals surface area contributed by atoms with Crippen LogP contribution in [0.15, 0.2) is 4.99 Å². The van der Waals surface area contributed by atoms with E-state index in [1.807, 2.05) is 0 Å². The number of guanidine groups is 1. The molecule has 1 rings (SSSR count). The highest BCUT2D eigenvalue weighted by atomic mass is 16.5. The number of hydrogen-bond acceptors (Lipinski definition) is 3. The predicted octanol–water partition coefficient (Wildman–Crippen LogP) is 1.54. The second-order valence-corrected chi connectivity index (χ2v) is 5.13. The summed E-state index contributed by atoms with van der Waals surface area (Å²) in [6.45, 7) is 4.46. The summed E-state index contributed by atoms with van der Waals surface area (Å²) >= 11 is 0. The summed E-state index contributed by atoms with van der Waals surface area (Å²) < 4.78 is 10.9. The second kappa shape index (κ2) is 10.0. The first-order valence-corrected chi connectivity index (χ1v) is 7.34. The van der Waals surface area contributed by atoms with E-state index in [4.69, 9.17) is 9.47 Å². The zero-order valence-corrected chi connectivity index (χ0v) is 12.6. The van der Waals surface area contributed by atoms with Crippen molar-refractivity contribution < 1.29 is 9.47 Å². The maximum Gasteiger partial charge on any atom is 0.191 e. The molecule has 0 radical (unpaired) electrons. The standard InChI is InChI=1S/C14H29N3O2/c1-12(11-18-3)17-14(15-2)16-9-6-10-19-13-7-4-5-8-13/h12-13H,4-11H2,1-3H3,(H2,15,16,17). The van der Waals surface area contributed by atoms with E-state index in [1.165, 1.54) is 25.7 Å². The van der Waals surface area contributed by atoms with Crippen LogP contribution in [0, 0.1) is 0 Å². The monoisotopic (exact) mass is 271 g/mol. The summed E-state index contributed by atoms with van der Waals surface area (Å²) in [5.41, 5.74) is 0. The topological polar surface area (TPSA) is 54.9 Å². The molecule has 0 bridgehead atoms. The van der Waals surface area contributed by atoms with Crippen molar-refractivity contribution in [3.05, 3.63) is 0 Å². The minimum atomic E-state index is 0.255. The van der Waals surface area contributed by atoms with Gasteiger partial charge < -0.3 is 20.1 Å². The first-order chi connectivity index (χ1) is 9.26. The Balaban J connectivity index is 2.02. The fourth-order valence-corrected chi connectivity index (χ4v) is 2.30. The van der Waals surface area contributed by atoms with Gasteiger partial charge in [-0.05, 0) is 26.2 Å². The summed E-state index contributed by atoms with van der Waals surface area (Å²) in [6, 6.07) is 0.255. The predicted molar refractivity (Wildman–Crippen MR) is 78.7 cm³/mol. The van der Waals surface area contributed by atoms with Crippen molar-refractivity contribution in [3.63, 3.8) is 0 Å². The molecule has 1 unspecified atom stereocenters. The van der Waals surface area contributed by atoms with Crippen molar-refractivity contribution in [1.29, 1.82) is 0 Å². The molecule has 0 aromatic carbocycles.